The van der Waals surface area contributed by atoms with E-state index in [0.29, 0.717) is 0 Å². The van der Waals surface area contributed by atoms with Crippen LogP contribution in [0.15, 0.2) is 4.99 Å². The first-order valence-electron chi connectivity index (χ1n) is 8.60. The minimum absolute atomic E-state index is 0. The summed E-state index contributed by atoms with van der Waals surface area (Å²) in [5, 5.41) is 6.77. The van der Waals surface area contributed by atoms with Crippen molar-refractivity contribution in [3.63, 3.8) is 0 Å². The van der Waals surface area contributed by atoms with Gasteiger partial charge >= 0.3 is 0 Å². The second-order valence-corrected chi connectivity index (χ2v) is 6.42. The predicted octanol–water partition coefficient (Wildman–Crippen LogP) is 1.45. The van der Waals surface area contributed by atoms with Gasteiger partial charge in [-0.05, 0) is 39.2 Å². The third kappa shape index (κ3) is 8.00. The van der Waals surface area contributed by atoms with Gasteiger partial charge in [0.1, 0.15) is 0 Å². The van der Waals surface area contributed by atoms with Gasteiger partial charge in [-0.1, -0.05) is 0 Å². The Labute approximate surface area is 157 Å². The second kappa shape index (κ2) is 11.4. The van der Waals surface area contributed by atoms with Crippen molar-refractivity contribution >= 4 is 29.9 Å². The first-order chi connectivity index (χ1) is 10.7. The zero-order chi connectivity index (χ0) is 15.7. The van der Waals surface area contributed by atoms with Gasteiger partial charge in [-0.25, -0.2) is 0 Å². The fourth-order valence-corrected chi connectivity index (χ4v) is 2.96. The normalized spacial score (nSPS) is 25.9. The highest BCUT2D eigenvalue weighted by Gasteiger charge is 2.29. The van der Waals surface area contributed by atoms with Crippen LogP contribution in [0.3, 0.4) is 0 Å². The van der Waals surface area contributed by atoms with Crippen LogP contribution >= 0.6 is 24.0 Å². The van der Waals surface area contributed by atoms with Crippen LogP contribution in [0.2, 0.25) is 0 Å². The Morgan fingerprint density at radius 1 is 1.17 bits per heavy atom. The molecule has 0 aromatic rings. The lowest BCUT2D eigenvalue weighted by Gasteiger charge is -2.26. The molecule has 0 aliphatic carbocycles. The molecule has 2 rings (SSSR count). The Balaban J connectivity index is 0.00000264. The summed E-state index contributed by atoms with van der Waals surface area (Å²) in [5.74, 6) is 0.878. The van der Waals surface area contributed by atoms with E-state index >= 15 is 0 Å². The van der Waals surface area contributed by atoms with E-state index in [0.717, 1.165) is 71.2 Å². The highest BCUT2D eigenvalue weighted by molar-refractivity contribution is 14.0. The van der Waals surface area contributed by atoms with Crippen molar-refractivity contribution in [2.24, 2.45) is 4.99 Å². The van der Waals surface area contributed by atoms with Crippen LogP contribution in [0, 0.1) is 0 Å². The molecule has 2 aliphatic rings. The molecule has 1 unspecified atom stereocenters. The van der Waals surface area contributed by atoms with Crippen LogP contribution in [-0.4, -0.2) is 76.1 Å². The largest absolute Gasteiger partial charge is 0.379 e. The maximum atomic E-state index is 5.78. The van der Waals surface area contributed by atoms with Crippen LogP contribution in [-0.2, 0) is 9.47 Å². The van der Waals surface area contributed by atoms with Crippen molar-refractivity contribution in [1.29, 1.82) is 0 Å². The van der Waals surface area contributed by atoms with Crippen LogP contribution in [0.1, 0.15) is 32.6 Å². The molecule has 0 saturated carbocycles. The zero-order valence-corrected chi connectivity index (χ0v) is 16.9. The van der Waals surface area contributed by atoms with E-state index in [2.05, 4.69) is 27.4 Å². The van der Waals surface area contributed by atoms with Gasteiger partial charge in [0.2, 0.25) is 0 Å². The number of hydrogen-bond acceptors (Lipinski definition) is 4. The Morgan fingerprint density at radius 2 is 1.96 bits per heavy atom. The van der Waals surface area contributed by atoms with E-state index in [4.69, 9.17) is 9.47 Å². The molecule has 1 atom stereocenters. The van der Waals surface area contributed by atoms with Crippen molar-refractivity contribution in [3.05, 3.63) is 0 Å². The number of guanidine groups is 1. The van der Waals surface area contributed by atoms with E-state index in [1.165, 1.54) is 13.0 Å². The third-order valence-electron chi connectivity index (χ3n) is 4.45. The molecule has 0 bridgehead atoms. The first kappa shape index (κ1) is 20.9. The van der Waals surface area contributed by atoms with Gasteiger partial charge < -0.3 is 20.1 Å². The molecule has 0 aromatic carbocycles. The SMILES string of the molecule is CN=C(NCCCCN1CCOCC1)NCC1(C)CCCO1.I. The maximum absolute atomic E-state index is 5.78. The maximum Gasteiger partial charge on any atom is 0.191 e. The van der Waals surface area contributed by atoms with Crippen LogP contribution in [0.5, 0.6) is 0 Å². The molecule has 2 heterocycles. The van der Waals surface area contributed by atoms with E-state index in [1.54, 1.807) is 0 Å². The Morgan fingerprint density at radius 3 is 2.61 bits per heavy atom. The van der Waals surface area contributed by atoms with Crippen molar-refractivity contribution in [2.45, 2.75) is 38.2 Å². The highest BCUT2D eigenvalue weighted by Crippen LogP contribution is 2.23. The second-order valence-electron chi connectivity index (χ2n) is 6.42. The Hall–Kier alpha value is -0.120. The lowest BCUT2D eigenvalue weighted by Crippen LogP contribution is -2.45. The smallest absolute Gasteiger partial charge is 0.191 e. The quantitative estimate of drug-likeness (QED) is 0.272. The van der Waals surface area contributed by atoms with Crippen molar-refractivity contribution in [3.8, 4) is 0 Å². The third-order valence-corrected chi connectivity index (χ3v) is 4.45. The number of hydrogen-bond donors (Lipinski definition) is 2. The van der Waals surface area contributed by atoms with Gasteiger partial charge in [-0.15, -0.1) is 24.0 Å². The van der Waals surface area contributed by atoms with Gasteiger partial charge in [-0.3, -0.25) is 9.89 Å². The predicted molar refractivity (Wildman–Crippen MR) is 105 cm³/mol. The average Bonchev–Trinajstić information content (AvgIpc) is 2.98. The molecule has 2 fully saturated rings. The summed E-state index contributed by atoms with van der Waals surface area (Å²) >= 11 is 0. The summed E-state index contributed by atoms with van der Waals surface area (Å²) in [6.45, 7) is 9.93. The molecule has 0 aromatic heterocycles. The number of halogens is 1. The molecule has 0 radical (unpaired) electrons. The van der Waals surface area contributed by atoms with Crippen LogP contribution in [0.4, 0.5) is 0 Å². The average molecular weight is 440 g/mol. The van der Waals surface area contributed by atoms with Gasteiger partial charge in [0.15, 0.2) is 5.96 Å². The van der Waals surface area contributed by atoms with Crippen molar-refractivity contribution in [2.75, 3.05) is 59.6 Å². The zero-order valence-electron chi connectivity index (χ0n) is 14.6. The lowest BCUT2D eigenvalue weighted by atomic mass is 10.0. The molecule has 136 valence electrons. The Kier molecular flexibility index (Phi) is 10.4. The van der Waals surface area contributed by atoms with E-state index in [-0.39, 0.29) is 29.6 Å². The Bertz CT molecular complexity index is 343. The van der Waals surface area contributed by atoms with E-state index < -0.39 is 0 Å². The van der Waals surface area contributed by atoms with Gasteiger partial charge in [0.25, 0.3) is 0 Å². The number of rotatable bonds is 7. The number of nitrogens with zero attached hydrogens (tertiary/aromatic N) is 2. The summed E-state index contributed by atoms with van der Waals surface area (Å²) in [6, 6.07) is 0. The molecule has 2 saturated heterocycles. The highest BCUT2D eigenvalue weighted by atomic mass is 127. The summed E-state index contributed by atoms with van der Waals surface area (Å²) < 4.78 is 11.1. The molecule has 2 N–H and O–H groups in total. The number of aliphatic imine (C=N–C) groups is 1. The van der Waals surface area contributed by atoms with Crippen molar-refractivity contribution in [1.82, 2.24) is 15.5 Å². The number of ether oxygens (including phenoxy) is 2. The number of morpholine rings is 1. The van der Waals surface area contributed by atoms with Crippen LogP contribution in [0.25, 0.3) is 0 Å². The lowest BCUT2D eigenvalue weighted by molar-refractivity contribution is 0.0242. The minimum atomic E-state index is -0.0338. The first-order valence-corrected chi connectivity index (χ1v) is 8.60. The fraction of sp³-hybridized carbons (Fsp3) is 0.938. The topological polar surface area (TPSA) is 58.1 Å². The van der Waals surface area contributed by atoms with E-state index in [1.807, 2.05) is 7.05 Å². The van der Waals surface area contributed by atoms with Gasteiger partial charge in [-0.2, -0.15) is 0 Å². The summed E-state index contributed by atoms with van der Waals surface area (Å²) in [6.07, 6.45) is 4.65. The van der Waals surface area contributed by atoms with Crippen molar-refractivity contribution < 1.29 is 9.47 Å². The molecule has 0 amide bonds. The molecule has 6 nitrogen and oxygen atoms in total. The standard InChI is InChI=1S/C16H32N4O2.HI/c1-16(6-5-11-22-16)14-19-15(17-2)18-7-3-4-8-20-9-12-21-13-10-20;/h3-14H2,1-2H3,(H2,17,18,19);1H. The molecular weight excluding hydrogens is 407 g/mol. The van der Waals surface area contributed by atoms with E-state index in [9.17, 15) is 0 Å². The molecule has 23 heavy (non-hydrogen) atoms. The molecule has 2 aliphatic heterocycles. The number of unbranched alkanes of at least 4 members (excludes halogenated alkanes) is 1. The summed E-state index contributed by atoms with van der Waals surface area (Å²) in [5.41, 5.74) is -0.0338. The summed E-state index contributed by atoms with van der Waals surface area (Å²) in [4.78, 5) is 6.76. The fourth-order valence-electron chi connectivity index (χ4n) is 2.96. The molecular formula is C16H33IN4O2. The monoisotopic (exact) mass is 440 g/mol. The molecule has 7 heteroatoms. The van der Waals surface area contributed by atoms with Gasteiger partial charge in [0.05, 0.1) is 18.8 Å². The number of nitrogens with one attached hydrogen (secondary N) is 2. The summed E-state index contributed by atoms with van der Waals surface area (Å²) in [7, 11) is 1.82. The molecule has 0 spiro atoms. The van der Waals surface area contributed by atoms with Crippen LogP contribution < -0.4 is 10.6 Å². The van der Waals surface area contributed by atoms with Gasteiger partial charge in [0, 0.05) is 39.8 Å². The minimum Gasteiger partial charge on any atom is -0.379 e.